The fourth-order valence-electron chi connectivity index (χ4n) is 6.09. The van der Waals surface area contributed by atoms with Crippen LogP contribution in [0.25, 0.3) is 27.5 Å². The molecular formula is C33H29BN2O2S2. The van der Waals surface area contributed by atoms with Crippen molar-refractivity contribution in [1.29, 1.82) is 0 Å². The summed E-state index contributed by atoms with van der Waals surface area (Å²) in [7, 11) is -1.49. The molecule has 198 valence electrons. The molecule has 1 aromatic heterocycles. The maximum absolute atomic E-state index is 9.62. The van der Waals surface area contributed by atoms with Crippen molar-refractivity contribution in [1.82, 2.24) is 4.57 Å². The first-order chi connectivity index (χ1) is 19.4. The summed E-state index contributed by atoms with van der Waals surface area (Å²) in [6, 6.07) is 39.9. The van der Waals surface area contributed by atoms with Crippen LogP contribution in [-0.4, -0.2) is 21.7 Å². The van der Waals surface area contributed by atoms with E-state index in [9.17, 15) is 10.0 Å². The Labute approximate surface area is 244 Å². The van der Waals surface area contributed by atoms with Crippen molar-refractivity contribution in [3.63, 3.8) is 0 Å². The highest BCUT2D eigenvalue weighted by molar-refractivity contribution is 8.59. The number of anilines is 3. The van der Waals surface area contributed by atoms with Gasteiger partial charge in [0.25, 0.3) is 0 Å². The molecule has 2 N–H and O–H groups in total. The average Bonchev–Trinajstić information content (AvgIpc) is 3.32. The molecule has 2 heterocycles. The number of fused-ring (bicyclic) bond motifs is 5. The lowest BCUT2D eigenvalue weighted by atomic mass is 9.73. The zero-order chi connectivity index (χ0) is 28.0. The highest BCUT2D eigenvalue weighted by atomic mass is 33.1. The lowest BCUT2D eigenvalue weighted by Gasteiger charge is -2.42. The minimum Gasteiger partial charge on any atom is -0.423 e. The van der Waals surface area contributed by atoms with Gasteiger partial charge in [0.15, 0.2) is 0 Å². The lowest BCUT2D eigenvalue weighted by molar-refractivity contribution is 0.426. The standard InChI is InChI=1S/C33H27BN2O2.H2S2/c1-33(2)27-13-7-9-15-30(27)36(23-10-4-3-5-11-23)32-20-26-25-12-6-8-14-29(25)35(31(26)21-28(32)33)24-18-16-22(17-19-24)34(37)38;1-2/h3-21,37-38H,1-2H3;1-2H. The van der Waals surface area contributed by atoms with Gasteiger partial charge >= 0.3 is 7.12 Å². The van der Waals surface area contributed by atoms with E-state index in [0.29, 0.717) is 5.46 Å². The Morgan fingerprint density at radius 1 is 0.600 bits per heavy atom. The van der Waals surface area contributed by atoms with E-state index < -0.39 is 7.12 Å². The van der Waals surface area contributed by atoms with Gasteiger partial charge in [0, 0.05) is 27.6 Å². The second kappa shape index (κ2) is 10.4. The molecular weight excluding hydrogens is 531 g/mol. The van der Waals surface area contributed by atoms with E-state index in [-0.39, 0.29) is 5.41 Å². The molecule has 1 aliphatic rings. The molecule has 6 aromatic rings. The van der Waals surface area contributed by atoms with Gasteiger partial charge in [-0.3, -0.25) is 0 Å². The maximum Gasteiger partial charge on any atom is 0.488 e. The highest BCUT2D eigenvalue weighted by Crippen LogP contribution is 2.53. The summed E-state index contributed by atoms with van der Waals surface area (Å²) >= 11 is 6.44. The van der Waals surface area contributed by atoms with Crippen molar-refractivity contribution in [2.75, 3.05) is 4.90 Å². The minimum atomic E-state index is -1.49. The third-order valence-electron chi connectivity index (χ3n) is 7.99. The zero-order valence-electron chi connectivity index (χ0n) is 22.2. The van der Waals surface area contributed by atoms with Gasteiger partial charge in [-0.2, -0.15) is 0 Å². The van der Waals surface area contributed by atoms with E-state index in [1.54, 1.807) is 12.1 Å². The Morgan fingerprint density at radius 2 is 1.25 bits per heavy atom. The monoisotopic (exact) mass is 560 g/mol. The number of benzene rings is 5. The van der Waals surface area contributed by atoms with Crippen molar-refractivity contribution in [3.05, 3.63) is 126 Å². The van der Waals surface area contributed by atoms with Crippen LogP contribution in [0.2, 0.25) is 0 Å². The molecule has 0 aliphatic carbocycles. The van der Waals surface area contributed by atoms with Crippen molar-refractivity contribution >= 4 is 74.8 Å². The Balaban J connectivity index is 0.00000142. The van der Waals surface area contributed by atoms with E-state index in [4.69, 9.17) is 0 Å². The molecule has 0 fully saturated rings. The van der Waals surface area contributed by atoms with Gasteiger partial charge in [0.05, 0.1) is 22.4 Å². The second-order valence-electron chi connectivity index (χ2n) is 10.5. The molecule has 0 radical (unpaired) electrons. The molecule has 7 rings (SSSR count). The van der Waals surface area contributed by atoms with Gasteiger partial charge in [-0.1, -0.05) is 80.6 Å². The predicted octanol–water partition coefficient (Wildman–Crippen LogP) is 7.33. The first kappa shape index (κ1) is 26.6. The van der Waals surface area contributed by atoms with Crippen LogP contribution >= 0.6 is 23.3 Å². The molecule has 0 bridgehead atoms. The Hall–Kier alpha value is -3.62. The Morgan fingerprint density at radius 3 is 1.98 bits per heavy atom. The van der Waals surface area contributed by atoms with Crippen LogP contribution in [0, 0.1) is 0 Å². The second-order valence-corrected chi connectivity index (χ2v) is 10.5. The SMILES string of the molecule is CC1(C)c2ccccc2N(c2ccccc2)c2cc3c4ccccc4n(-c4ccc(B(O)O)cc4)c3cc21.SS. The smallest absolute Gasteiger partial charge is 0.423 e. The predicted molar refractivity (Wildman–Crippen MR) is 175 cm³/mol. The molecule has 0 saturated heterocycles. The topological polar surface area (TPSA) is 48.6 Å². The average molecular weight is 561 g/mol. The van der Waals surface area contributed by atoms with Crippen molar-refractivity contribution in [2.24, 2.45) is 0 Å². The third kappa shape index (κ3) is 4.13. The molecule has 0 atom stereocenters. The van der Waals surface area contributed by atoms with Crippen molar-refractivity contribution in [3.8, 4) is 5.69 Å². The van der Waals surface area contributed by atoms with Gasteiger partial charge in [-0.25, -0.2) is 0 Å². The highest BCUT2D eigenvalue weighted by Gasteiger charge is 2.37. The van der Waals surface area contributed by atoms with Crippen LogP contribution in [0.4, 0.5) is 17.1 Å². The number of hydrogen-bond acceptors (Lipinski definition) is 5. The molecule has 4 nitrogen and oxygen atoms in total. The van der Waals surface area contributed by atoms with Gasteiger partial charge in [0.1, 0.15) is 0 Å². The van der Waals surface area contributed by atoms with E-state index in [1.165, 1.54) is 33.3 Å². The minimum absolute atomic E-state index is 0.211. The number of thiol groups is 2. The normalized spacial score (nSPS) is 13.4. The largest absolute Gasteiger partial charge is 0.488 e. The molecule has 0 amide bonds. The fourth-order valence-corrected chi connectivity index (χ4v) is 6.09. The lowest BCUT2D eigenvalue weighted by Crippen LogP contribution is -2.30. The molecule has 1 aliphatic heterocycles. The summed E-state index contributed by atoms with van der Waals surface area (Å²) < 4.78 is 2.28. The van der Waals surface area contributed by atoms with Crippen LogP contribution in [0.5, 0.6) is 0 Å². The van der Waals surface area contributed by atoms with Crippen molar-refractivity contribution < 1.29 is 10.0 Å². The van der Waals surface area contributed by atoms with Crippen LogP contribution in [0.1, 0.15) is 25.0 Å². The summed E-state index contributed by atoms with van der Waals surface area (Å²) in [5.74, 6) is 0. The maximum atomic E-state index is 9.62. The van der Waals surface area contributed by atoms with Gasteiger partial charge in [-0.05, 0) is 65.1 Å². The van der Waals surface area contributed by atoms with Crippen molar-refractivity contribution in [2.45, 2.75) is 19.3 Å². The Bertz CT molecular complexity index is 1830. The molecule has 0 spiro atoms. The van der Waals surface area contributed by atoms with Crippen LogP contribution in [0.3, 0.4) is 0 Å². The molecule has 7 heteroatoms. The summed E-state index contributed by atoms with van der Waals surface area (Å²) in [6.07, 6.45) is 0. The summed E-state index contributed by atoms with van der Waals surface area (Å²) in [4.78, 5) is 2.39. The van der Waals surface area contributed by atoms with Gasteiger partial charge in [0.2, 0.25) is 0 Å². The zero-order valence-corrected chi connectivity index (χ0v) is 24.0. The van der Waals surface area contributed by atoms with Gasteiger partial charge in [-0.15, -0.1) is 23.3 Å². The van der Waals surface area contributed by atoms with Crippen LogP contribution in [0.15, 0.2) is 115 Å². The number of nitrogens with zero attached hydrogens (tertiary/aromatic N) is 2. The van der Waals surface area contributed by atoms with E-state index in [1.807, 2.05) is 12.1 Å². The molecule has 0 unspecified atom stereocenters. The van der Waals surface area contributed by atoms with E-state index in [0.717, 1.165) is 22.4 Å². The van der Waals surface area contributed by atoms with E-state index in [2.05, 4.69) is 138 Å². The Kier molecular flexibility index (Phi) is 6.92. The van der Waals surface area contributed by atoms with Gasteiger partial charge < -0.3 is 19.5 Å². The first-order valence-electron chi connectivity index (χ1n) is 13.1. The summed E-state index contributed by atoms with van der Waals surface area (Å²) in [5, 5.41) is 21.6. The number of para-hydroxylation sites is 3. The molecule has 40 heavy (non-hydrogen) atoms. The van der Waals surface area contributed by atoms with Crippen LogP contribution < -0.4 is 10.4 Å². The quantitative estimate of drug-likeness (QED) is 0.104. The molecule has 5 aromatic carbocycles. The fraction of sp³-hybridized carbons (Fsp3) is 0.0909. The van der Waals surface area contributed by atoms with E-state index >= 15 is 0 Å². The molecule has 0 saturated carbocycles. The summed E-state index contributed by atoms with van der Waals surface area (Å²) in [5.41, 5.74) is 9.57. The number of hydrogen-bond donors (Lipinski definition) is 4. The number of aromatic nitrogens is 1. The summed E-state index contributed by atoms with van der Waals surface area (Å²) in [6.45, 7) is 4.62. The first-order valence-corrected chi connectivity index (χ1v) is 14.7. The number of rotatable bonds is 3. The van der Waals surface area contributed by atoms with Crippen LogP contribution in [-0.2, 0) is 5.41 Å². The third-order valence-corrected chi connectivity index (χ3v) is 7.99.